The number of aldehydes is 1. The van der Waals surface area contributed by atoms with Gasteiger partial charge in [-0.15, -0.1) is 0 Å². The van der Waals surface area contributed by atoms with Crippen molar-refractivity contribution in [3.8, 4) is 11.5 Å². The van der Waals surface area contributed by atoms with Crippen molar-refractivity contribution >= 4 is 23.3 Å². The fraction of sp³-hybridized carbons (Fsp3) is 0.348. The maximum Gasteiger partial charge on any atom is 0.242 e. The number of piperazine rings is 1. The molecule has 2 heterocycles. The summed E-state index contributed by atoms with van der Waals surface area (Å²) in [5.74, 6) is -0.740. The van der Waals surface area contributed by atoms with E-state index in [4.69, 9.17) is 10.2 Å². The van der Waals surface area contributed by atoms with E-state index in [1.54, 1.807) is 0 Å². The van der Waals surface area contributed by atoms with Gasteiger partial charge in [0.2, 0.25) is 11.8 Å². The Kier molecular flexibility index (Phi) is 6.03. The van der Waals surface area contributed by atoms with E-state index in [1.807, 2.05) is 4.90 Å². The van der Waals surface area contributed by atoms with Crippen LogP contribution in [0.2, 0.25) is 0 Å². The van der Waals surface area contributed by atoms with Crippen molar-refractivity contribution in [2.24, 2.45) is 5.73 Å². The van der Waals surface area contributed by atoms with Crippen molar-refractivity contribution < 1.29 is 22.8 Å². The summed E-state index contributed by atoms with van der Waals surface area (Å²) in [5.41, 5.74) is 6.50. The summed E-state index contributed by atoms with van der Waals surface area (Å²) in [4.78, 5) is 30.6. The summed E-state index contributed by atoms with van der Waals surface area (Å²) in [6.45, 7) is 3.63. The standard InChI is InChI=1S/C14H7F2NO2.C9H17N3O/c15-10-3-4-12-13(6-10)19-14(17-12)8-1-2-9(7-18)11(16)5-8;1-11-4-6-12(7-5-11)8(13)9(10)2-3-9/h1-7H;2-7,10H2,1H3. The van der Waals surface area contributed by atoms with Gasteiger partial charge in [0.1, 0.15) is 17.2 Å². The monoisotopic (exact) mass is 442 g/mol. The maximum atomic E-state index is 13.5. The van der Waals surface area contributed by atoms with Gasteiger partial charge in [-0.05, 0) is 50.2 Å². The van der Waals surface area contributed by atoms with Crippen LogP contribution in [0.15, 0.2) is 40.8 Å². The fourth-order valence-electron chi connectivity index (χ4n) is 3.45. The van der Waals surface area contributed by atoms with Crippen molar-refractivity contribution in [3.05, 3.63) is 53.6 Å². The lowest BCUT2D eigenvalue weighted by molar-refractivity contribution is -0.135. The Labute approximate surface area is 183 Å². The molecule has 1 aliphatic heterocycles. The molecule has 3 aromatic rings. The number of nitrogens with two attached hydrogens (primary N) is 1. The van der Waals surface area contributed by atoms with E-state index in [0.717, 1.165) is 45.1 Å². The third-order valence-electron chi connectivity index (χ3n) is 5.73. The Balaban J connectivity index is 0.000000165. The van der Waals surface area contributed by atoms with Crippen LogP contribution in [0.25, 0.3) is 22.6 Å². The van der Waals surface area contributed by atoms with Crippen molar-refractivity contribution in [3.63, 3.8) is 0 Å². The number of amides is 1. The van der Waals surface area contributed by atoms with Gasteiger partial charge < -0.3 is 20.0 Å². The van der Waals surface area contributed by atoms with E-state index in [1.165, 1.54) is 30.3 Å². The number of carbonyl (C=O) groups is 2. The second kappa shape index (κ2) is 8.76. The number of benzene rings is 2. The molecular formula is C23H24F2N4O3. The van der Waals surface area contributed by atoms with E-state index in [2.05, 4.69) is 16.9 Å². The van der Waals surface area contributed by atoms with Crippen LogP contribution in [0.3, 0.4) is 0 Å². The first-order valence-corrected chi connectivity index (χ1v) is 10.4. The summed E-state index contributed by atoms with van der Waals surface area (Å²) in [7, 11) is 2.08. The van der Waals surface area contributed by atoms with E-state index >= 15 is 0 Å². The van der Waals surface area contributed by atoms with Crippen LogP contribution in [-0.2, 0) is 4.79 Å². The minimum Gasteiger partial charge on any atom is -0.436 e. The molecule has 168 valence electrons. The number of aromatic nitrogens is 1. The topological polar surface area (TPSA) is 92.7 Å². The molecule has 9 heteroatoms. The number of oxazole rings is 1. The molecule has 0 unspecified atom stereocenters. The molecule has 5 rings (SSSR count). The zero-order valence-electron chi connectivity index (χ0n) is 17.7. The maximum absolute atomic E-state index is 13.5. The van der Waals surface area contributed by atoms with E-state index < -0.39 is 17.2 Å². The summed E-state index contributed by atoms with van der Waals surface area (Å²) in [5, 5.41) is 0. The molecule has 0 spiro atoms. The average molecular weight is 442 g/mol. The average Bonchev–Trinajstić information content (AvgIpc) is 3.39. The number of hydrogen-bond acceptors (Lipinski definition) is 6. The first-order valence-electron chi connectivity index (χ1n) is 10.4. The number of carbonyl (C=O) groups excluding carboxylic acids is 2. The van der Waals surface area contributed by atoms with Crippen molar-refractivity contribution in [2.45, 2.75) is 18.4 Å². The predicted molar refractivity (Wildman–Crippen MR) is 115 cm³/mol. The molecule has 2 N–H and O–H groups in total. The Morgan fingerprint density at radius 1 is 1.12 bits per heavy atom. The second-order valence-corrected chi connectivity index (χ2v) is 8.24. The number of likely N-dealkylation sites (N-methyl/N-ethyl adjacent to an activating group) is 1. The third kappa shape index (κ3) is 4.68. The number of nitrogens with zero attached hydrogens (tertiary/aromatic N) is 3. The van der Waals surface area contributed by atoms with Crippen LogP contribution in [0.1, 0.15) is 23.2 Å². The SMILES string of the molecule is CN1CCN(C(=O)C2(N)CC2)CC1.O=Cc1ccc(-c2nc3ccc(F)cc3o2)cc1F. The molecule has 1 aliphatic carbocycles. The molecule has 0 bridgehead atoms. The highest BCUT2D eigenvalue weighted by Gasteiger charge is 2.48. The van der Waals surface area contributed by atoms with Gasteiger partial charge in [0.25, 0.3) is 0 Å². The van der Waals surface area contributed by atoms with Gasteiger partial charge in [-0.3, -0.25) is 9.59 Å². The largest absolute Gasteiger partial charge is 0.436 e. The van der Waals surface area contributed by atoms with Crippen molar-refractivity contribution in [1.82, 2.24) is 14.8 Å². The highest BCUT2D eigenvalue weighted by Crippen LogP contribution is 2.34. The van der Waals surface area contributed by atoms with Crippen LogP contribution in [0.4, 0.5) is 8.78 Å². The summed E-state index contributed by atoms with van der Waals surface area (Å²) >= 11 is 0. The van der Waals surface area contributed by atoms with Gasteiger partial charge >= 0.3 is 0 Å². The van der Waals surface area contributed by atoms with Crippen LogP contribution in [0.5, 0.6) is 0 Å². The van der Waals surface area contributed by atoms with Crippen LogP contribution >= 0.6 is 0 Å². The van der Waals surface area contributed by atoms with Crippen LogP contribution in [-0.4, -0.2) is 65.7 Å². The van der Waals surface area contributed by atoms with Gasteiger partial charge in [-0.25, -0.2) is 13.8 Å². The van der Waals surface area contributed by atoms with Gasteiger partial charge in [-0.2, -0.15) is 0 Å². The third-order valence-corrected chi connectivity index (χ3v) is 5.73. The van der Waals surface area contributed by atoms with Gasteiger partial charge in [0, 0.05) is 37.8 Å². The molecule has 1 amide bonds. The molecule has 1 saturated carbocycles. The molecular weight excluding hydrogens is 418 g/mol. The first-order chi connectivity index (χ1) is 15.3. The summed E-state index contributed by atoms with van der Waals surface area (Å²) in [6.07, 6.45) is 2.18. The Hall–Kier alpha value is -3.17. The zero-order valence-corrected chi connectivity index (χ0v) is 17.7. The van der Waals surface area contributed by atoms with Gasteiger partial charge in [-0.1, -0.05) is 0 Å². The first kappa shape index (κ1) is 22.0. The van der Waals surface area contributed by atoms with Gasteiger partial charge in [0.15, 0.2) is 11.9 Å². The molecule has 7 nitrogen and oxygen atoms in total. The number of fused-ring (bicyclic) bond motifs is 1. The second-order valence-electron chi connectivity index (χ2n) is 8.24. The Morgan fingerprint density at radius 3 is 2.47 bits per heavy atom. The summed E-state index contributed by atoms with van der Waals surface area (Å²) < 4.78 is 31.9. The van der Waals surface area contributed by atoms with Crippen molar-refractivity contribution in [2.75, 3.05) is 33.2 Å². The number of halogens is 2. The predicted octanol–water partition coefficient (Wildman–Crippen LogP) is 2.84. The quantitative estimate of drug-likeness (QED) is 0.627. The summed E-state index contributed by atoms with van der Waals surface area (Å²) in [6, 6.07) is 7.98. The van der Waals surface area contributed by atoms with Crippen molar-refractivity contribution in [1.29, 1.82) is 0 Å². The minimum atomic E-state index is -0.652. The minimum absolute atomic E-state index is 0.0362. The number of rotatable bonds is 3. The molecule has 1 saturated heterocycles. The fourth-order valence-corrected chi connectivity index (χ4v) is 3.45. The Bertz CT molecular complexity index is 1150. The molecule has 0 radical (unpaired) electrons. The molecule has 0 atom stereocenters. The lowest BCUT2D eigenvalue weighted by Crippen LogP contribution is -2.53. The Morgan fingerprint density at radius 2 is 1.84 bits per heavy atom. The van der Waals surface area contributed by atoms with E-state index in [0.29, 0.717) is 17.4 Å². The molecule has 2 aromatic carbocycles. The van der Waals surface area contributed by atoms with Crippen LogP contribution in [0, 0.1) is 11.6 Å². The number of hydrogen-bond donors (Lipinski definition) is 1. The highest BCUT2D eigenvalue weighted by atomic mass is 19.1. The molecule has 1 aromatic heterocycles. The van der Waals surface area contributed by atoms with Crippen LogP contribution < -0.4 is 5.73 Å². The zero-order chi connectivity index (χ0) is 22.9. The molecule has 32 heavy (non-hydrogen) atoms. The smallest absolute Gasteiger partial charge is 0.242 e. The van der Waals surface area contributed by atoms with E-state index in [-0.39, 0.29) is 22.9 Å². The lowest BCUT2D eigenvalue weighted by atomic mass is 10.1. The van der Waals surface area contributed by atoms with E-state index in [9.17, 15) is 18.4 Å². The molecule has 2 aliphatic rings. The highest BCUT2D eigenvalue weighted by molar-refractivity contribution is 5.89. The molecule has 2 fully saturated rings. The normalized spacial score (nSPS) is 17.6. The van der Waals surface area contributed by atoms with Gasteiger partial charge in [0.05, 0.1) is 11.1 Å². The lowest BCUT2D eigenvalue weighted by Gasteiger charge is -2.33.